The van der Waals surface area contributed by atoms with E-state index in [0.29, 0.717) is 45.3 Å². The fraction of sp³-hybridized carbons (Fsp3) is 0.176. The van der Waals surface area contributed by atoms with Crippen LogP contribution < -0.4 is 4.74 Å². The van der Waals surface area contributed by atoms with Crippen LogP contribution in [0.1, 0.15) is 107 Å². The fourth-order valence-electron chi connectivity index (χ4n) is 12.1. The van der Waals surface area contributed by atoms with Gasteiger partial charge in [-0.2, -0.15) is 0 Å². The molecular weight excluding hydrogens is 1200 g/mol. The second kappa shape index (κ2) is 21.2. The first-order valence-electron chi connectivity index (χ1n) is 28.6. The molecule has 0 aliphatic heterocycles. The Labute approximate surface area is 497 Å². The normalized spacial score (nSPS) is 12.0. The molecule has 9 aromatic carbocycles. The first kappa shape index (κ1) is 53.5. The Bertz CT molecular complexity index is 4750. The zero-order valence-electron chi connectivity index (χ0n) is 47.9. The number of hydrogen-bond donors (Lipinski definition) is 0. The summed E-state index contributed by atoms with van der Waals surface area (Å²) in [6.07, 6.45) is 0. The molecule has 0 aliphatic carbocycles. The molecular formula is C74H61N5O3Pt. The van der Waals surface area contributed by atoms with Crippen molar-refractivity contribution in [1.82, 2.24) is 24.1 Å². The van der Waals surface area contributed by atoms with Crippen molar-refractivity contribution in [1.29, 1.82) is 0 Å². The third-order valence-electron chi connectivity index (χ3n) is 16.1. The van der Waals surface area contributed by atoms with Crippen LogP contribution >= 0.6 is 0 Å². The number of imidazole rings is 2. The molecule has 410 valence electrons. The zero-order chi connectivity index (χ0) is 56.1. The molecule has 0 aliphatic rings. The van der Waals surface area contributed by atoms with Crippen LogP contribution in [0, 0.1) is 19.1 Å². The van der Waals surface area contributed by atoms with E-state index in [0.717, 1.165) is 72.1 Å². The number of furan rings is 2. The van der Waals surface area contributed by atoms with Gasteiger partial charge in [-0.15, -0.1) is 23.8 Å². The van der Waals surface area contributed by atoms with E-state index >= 15 is 0 Å². The maximum atomic E-state index is 7.15. The molecule has 0 unspecified atom stereocenters. The van der Waals surface area contributed by atoms with E-state index in [1.165, 1.54) is 44.5 Å². The molecule has 0 spiro atoms. The van der Waals surface area contributed by atoms with E-state index in [-0.39, 0.29) is 44.7 Å². The van der Waals surface area contributed by atoms with E-state index in [9.17, 15) is 0 Å². The Morgan fingerprint density at radius 1 is 0.422 bits per heavy atom. The molecule has 83 heavy (non-hydrogen) atoms. The maximum absolute atomic E-state index is 7.15. The summed E-state index contributed by atoms with van der Waals surface area (Å²) in [5.74, 6) is 3.20. The summed E-state index contributed by atoms with van der Waals surface area (Å²) in [5.41, 5.74) is 20.6. The van der Waals surface area contributed by atoms with E-state index in [2.05, 4.69) is 228 Å². The molecule has 0 saturated heterocycles. The molecule has 0 fully saturated rings. The van der Waals surface area contributed by atoms with Gasteiger partial charge >= 0.3 is 21.1 Å². The number of hydrogen-bond acceptors (Lipinski definition) is 6. The number of aryl methyl sites for hydroxylation is 1. The number of ether oxygens (including phenoxy) is 1. The number of aromatic nitrogens is 5. The average Bonchev–Trinajstić information content (AvgIpc) is 4.45. The topological polar surface area (TPSA) is 84.0 Å². The third-order valence-corrected chi connectivity index (χ3v) is 16.1. The molecule has 5 heterocycles. The Balaban J connectivity index is 0.00000645. The van der Waals surface area contributed by atoms with E-state index in [4.69, 9.17) is 28.5 Å². The predicted octanol–water partition coefficient (Wildman–Crippen LogP) is 20.4. The van der Waals surface area contributed by atoms with Crippen LogP contribution in [0.5, 0.6) is 11.5 Å². The fourth-order valence-corrected chi connectivity index (χ4v) is 12.1. The SMILES string of the molecule is Cc1ccc2c(n1)oc1cc3oc4c(-c5nc6ccccc6n5-c5c(C(C)C)cc(-c6ccccc6)cc5C(C)C)[c-]c(Oc5[c-]c(-c6nc7ccccc7n6-c6c(C(C)C)cc(-c7ccccc7)cc6C(C)C)ccc5)cc4c3cc12.[Pt+2]. The van der Waals surface area contributed by atoms with Crippen LogP contribution in [0.2, 0.25) is 0 Å². The standard InChI is InChI=1S/C74H61N5O3.Pt/c1-42(2)55-34-50(47-21-12-10-13-22-47)35-56(43(3)4)69(55)78-65-29-18-16-27-63(65)76-72(78)49-25-20-26-52(33-49)80-53-38-61-60-40-59-54-32-31-46(9)75-74(54)82-68(59)41-67(60)81-71(61)62(39-53)73-77-64-28-17-19-30-66(64)79(73)70-57(44(5)6)36-51(37-58(70)45(7)8)48-23-14-11-15-24-48;/h10-32,34-38,40-45H,1-9H3;/q-2;+2. The van der Waals surface area contributed by atoms with Crippen molar-refractivity contribution < 1.29 is 34.6 Å². The van der Waals surface area contributed by atoms with Crippen molar-refractivity contribution in [3.63, 3.8) is 0 Å². The number of pyridine rings is 1. The summed E-state index contributed by atoms with van der Waals surface area (Å²) in [6.45, 7) is 20.2. The predicted molar refractivity (Wildman–Crippen MR) is 335 cm³/mol. The monoisotopic (exact) mass is 1260 g/mol. The molecule has 0 N–H and O–H groups in total. The van der Waals surface area contributed by atoms with Gasteiger partial charge in [0.15, 0.2) is 0 Å². The zero-order valence-corrected chi connectivity index (χ0v) is 50.2. The van der Waals surface area contributed by atoms with Gasteiger partial charge in [-0.3, -0.25) is 9.97 Å². The van der Waals surface area contributed by atoms with Gasteiger partial charge in [0, 0.05) is 50.8 Å². The van der Waals surface area contributed by atoms with Crippen LogP contribution in [-0.2, 0) is 21.1 Å². The van der Waals surface area contributed by atoms with Crippen molar-refractivity contribution in [3.8, 4) is 67.9 Å². The van der Waals surface area contributed by atoms with Crippen molar-refractivity contribution in [2.45, 2.75) is 86.0 Å². The van der Waals surface area contributed by atoms with E-state index < -0.39 is 0 Å². The number of benzene rings is 9. The van der Waals surface area contributed by atoms with Gasteiger partial charge in [0.25, 0.3) is 0 Å². The minimum absolute atomic E-state index is 0. The van der Waals surface area contributed by atoms with Crippen molar-refractivity contribution >= 4 is 66.1 Å². The molecule has 5 aromatic heterocycles. The minimum Gasteiger partial charge on any atom is -0.500 e. The van der Waals surface area contributed by atoms with Crippen molar-refractivity contribution in [2.75, 3.05) is 0 Å². The van der Waals surface area contributed by atoms with Crippen LogP contribution in [-0.4, -0.2) is 24.1 Å². The molecule has 8 nitrogen and oxygen atoms in total. The average molecular weight is 1260 g/mol. The largest absolute Gasteiger partial charge is 2.00 e. The molecule has 14 aromatic rings. The van der Waals surface area contributed by atoms with E-state index in [1.54, 1.807) is 0 Å². The quantitative estimate of drug-likeness (QED) is 0.113. The maximum Gasteiger partial charge on any atom is 2.00 e. The smallest absolute Gasteiger partial charge is 0.500 e. The van der Waals surface area contributed by atoms with Crippen molar-refractivity contribution in [2.24, 2.45) is 0 Å². The van der Waals surface area contributed by atoms with Gasteiger partial charge in [-0.25, -0.2) is 4.98 Å². The minimum atomic E-state index is 0. The van der Waals surface area contributed by atoms with E-state index in [1.807, 2.05) is 37.3 Å². The van der Waals surface area contributed by atoms with Gasteiger partial charge in [0.1, 0.15) is 11.2 Å². The van der Waals surface area contributed by atoms with Crippen LogP contribution in [0.15, 0.2) is 191 Å². The summed E-state index contributed by atoms with van der Waals surface area (Å²) in [7, 11) is 0. The molecule has 0 atom stereocenters. The third kappa shape index (κ3) is 9.25. The summed E-state index contributed by atoms with van der Waals surface area (Å²) in [6, 6.07) is 71.5. The van der Waals surface area contributed by atoms with Gasteiger partial charge in [0.2, 0.25) is 5.71 Å². The Kier molecular flexibility index (Phi) is 13.6. The van der Waals surface area contributed by atoms with Crippen LogP contribution in [0.25, 0.3) is 122 Å². The molecule has 0 bridgehead atoms. The first-order chi connectivity index (χ1) is 39.8. The Morgan fingerprint density at radius 3 is 1.49 bits per heavy atom. The summed E-state index contributed by atoms with van der Waals surface area (Å²) in [5, 5.41) is 3.63. The van der Waals surface area contributed by atoms with Gasteiger partial charge < -0.3 is 22.7 Å². The Morgan fingerprint density at radius 2 is 0.928 bits per heavy atom. The van der Waals surface area contributed by atoms with Crippen molar-refractivity contribution in [3.05, 3.63) is 222 Å². The van der Waals surface area contributed by atoms with Gasteiger partial charge in [0.05, 0.1) is 39.3 Å². The van der Waals surface area contributed by atoms with Crippen LogP contribution in [0.3, 0.4) is 0 Å². The van der Waals surface area contributed by atoms with Crippen LogP contribution in [0.4, 0.5) is 0 Å². The summed E-state index contributed by atoms with van der Waals surface area (Å²) < 4.78 is 25.3. The molecule has 9 heteroatoms. The van der Waals surface area contributed by atoms with Gasteiger partial charge in [-0.1, -0.05) is 169 Å². The number of para-hydroxylation sites is 4. The first-order valence-corrected chi connectivity index (χ1v) is 28.6. The number of rotatable bonds is 12. The molecule has 0 radical (unpaired) electrons. The Hall–Kier alpha value is -8.84. The summed E-state index contributed by atoms with van der Waals surface area (Å²) in [4.78, 5) is 15.7. The second-order valence-electron chi connectivity index (χ2n) is 23.0. The second-order valence-corrected chi connectivity index (χ2v) is 23.0. The number of fused-ring (bicyclic) bond motifs is 8. The molecule has 14 rings (SSSR count). The van der Waals surface area contributed by atoms with Gasteiger partial charge in [-0.05, 0) is 142 Å². The summed E-state index contributed by atoms with van der Waals surface area (Å²) >= 11 is 0. The molecule has 0 saturated carbocycles. The number of nitrogens with zero attached hydrogens (tertiary/aromatic N) is 5. The molecule has 0 amide bonds.